The summed E-state index contributed by atoms with van der Waals surface area (Å²) in [6.45, 7) is 1.73. The number of nitrogens with zero attached hydrogens (tertiary/aromatic N) is 1. The number of fused-ring (bicyclic) bond motifs is 1. The number of aryl methyl sites for hydroxylation is 1. The van der Waals surface area contributed by atoms with Gasteiger partial charge in [-0.2, -0.15) is 5.26 Å². The molecule has 0 saturated heterocycles. The molecule has 0 radical (unpaired) electrons. The van der Waals surface area contributed by atoms with Crippen molar-refractivity contribution >= 4 is 11.0 Å². The van der Waals surface area contributed by atoms with Gasteiger partial charge in [0.15, 0.2) is 5.43 Å². The highest BCUT2D eigenvalue weighted by Crippen LogP contribution is 2.17. The molecule has 1 aromatic heterocycles. The molecule has 0 spiro atoms. The highest BCUT2D eigenvalue weighted by molar-refractivity contribution is 5.79. The number of rotatable bonds is 1. The first kappa shape index (κ1) is 9.47. The first-order valence-corrected chi connectivity index (χ1v) is 4.61. The second-order valence-corrected chi connectivity index (χ2v) is 3.35. The standard InChI is InChI=1S/C12H9NO2/c1-8-7-11(14)10-4-2-3-9(5-6-13)12(10)15-8/h2-4,7H,5H2,1H3. The molecule has 2 aromatic rings. The first-order valence-electron chi connectivity index (χ1n) is 4.61. The molecular weight excluding hydrogens is 190 g/mol. The average Bonchev–Trinajstić information content (AvgIpc) is 2.19. The van der Waals surface area contributed by atoms with E-state index in [4.69, 9.17) is 9.68 Å². The molecule has 0 aliphatic rings. The molecule has 0 aliphatic heterocycles. The van der Waals surface area contributed by atoms with Crippen LogP contribution in [0.1, 0.15) is 11.3 Å². The zero-order valence-corrected chi connectivity index (χ0v) is 8.28. The molecule has 0 unspecified atom stereocenters. The second kappa shape index (κ2) is 3.58. The van der Waals surface area contributed by atoms with Gasteiger partial charge in [-0.05, 0) is 13.0 Å². The molecule has 3 heteroatoms. The summed E-state index contributed by atoms with van der Waals surface area (Å²) in [6, 6.07) is 8.78. The van der Waals surface area contributed by atoms with Crippen LogP contribution in [0.15, 0.2) is 33.5 Å². The lowest BCUT2D eigenvalue weighted by atomic mass is 10.1. The van der Waals surface area contributed by atoms with Gasteiger partial charge < -0.3 is 4.42 Å². The Balaban J connectivity index is 2.86. The van der Waals surface area contributed by atoms with Gasteiger partial charge in [-0.1, -0.05) is 12.1 Å². The largest absolute Gasteiger partial charge is 0.461 e. The fraction of sp³-hybridized carbons (Fsp3) is 0.167. The quantitative estimate of drug-likeness (QED) is 0.707. The molecule has 0 aliphatic carbocycles. The lowest BCUT2D eigenvalue weighted by Gasteiger charge is -2.02. The molecule has 3 nitrogen and oxygen atoms in total. The number of benzene rings is 1. The topological polar surface area (TPSA) is 54.0 Å². The molecule has 74 valence electrons. The zero-order chi connectivity index (χ0) is 10.8. The second-order valence-electron chi connectivity index (χ2n) is 3.35. The summed E-state index contributed by atoms with van der Waals surface area (Å²) in [4.78, 5) is 11.6. The van der Waals surface area contributed by atoms with Gasteiger partial charge in [-0.3, -0.25) is 4.79 Å². The molecule has 15 heavy (non-hydrogen) atoms. The van der Waals surface area contributed by atoms with E-state index >= 15 is 0 Å². The SMILES string of the molecule is Cc1cc(=O)c2cccc(CC#N)c2o1. The first-order chi connectivity index (χ1) is 7.22. The molecule has 0 amide bonds. The van der Waals surface area contributed by atoms with E-state index in [2.05, 4.69) is 6.07 Å². The van der Waals surface area contributed by atoms with Gasteiger partial charge in [0.05, 0.1) is 17.9 Å². The monoisotopic (exact) mass is 199 g/mol. The van der Waals surface area contributed by atoms with E-state index in [9.17, 15) is 4.79 Å². The Morgan fingerprint density at radius 1 is 1.47 bits per heavy atom. The van der Waals surface area contributed by atoms with Crippen LogP contribution in [0.5, 0.6) is 0 Å². The van der Waals surface area contributed by atoms with E-state index in [1.807, 2.05) is 0 Å². The third-order valence-electron chi connectivity index (χ3n) is 2.23. The van der Waals surface area contributed by atoms with E-state index < -0.39 is 0 Å². The third-order valence-corrected chi connectivity index (χ3v) is 2.23. The Bertz CT molecular complexity index is 605. The molecule has 1 heterocycles. The van der Waals surface area contributed by atoms with Gasteiger partial charge in [0.25, 0.3) is 0 Å². The number of hydrogen-bond donors (Lipinski definition) is 0. The van der Waals surface area contributed by atoms with Crippen LogP contribution in [0.4, 0.5) is 0 Å². The molecule has 2 rings (SSSR count). The molecule has 1 aromatic carbocycles. The Morgan fingerprint density at radius 2 is 2.27 bits per heavy atom. The normalized spacial score (nSPS) is 10.1. The smallest absolute Gasteiger partial charge is 0.192 e. The summed E-state index contributed by atoms with van der Waals surface area (Å²) in [7, 11) is 0. The van der Waals surface area contributed by atoms with Crippen LogP contribution in [0.3, 0.4) is 0 Å². The average molecular weight is 199 g/mol. The number of hydrogen-bond acceptors (Lipinski definition) is 3. The Kier molecular flexibility index (Phi) is 2.26. The predicted octanol–water partition coefficient (Wildman–Crippen LogP) is 2.17. The van der Waals surface area contributed by atoms with E-state index in [1.54, 1.807) is 25.1 Å². The van der Waals surface area contributed by atoms with E-state index in [-0.39, 0.29) is 11.8 Å². The van der Waals surface area contributed by atoms with Crippen LogP contribution < -0.4 is 5.43 Å². The van der Waals surface area contributed by atoms with E-state index in [0.717, 1.165) is 5.56 Å². The zero-order valence-electron chi connectivity index (χ0n) is 8.28. The van der Waals surface area contributed by atoms with Crippen molar-refractivity contribution in [2.24, 2.45) is 0 Å². The molecule has 0 bridgehead atoms. The van der Waals surface area contributed by atoms with Crippen molar-refractivity contribution in [2.75, 3.05) is 0 Å². The van der Waals surface area contributed by atoms with Crippen molar-refractivity contribution < 1.29 is 4.42 Å². The van der Waals surface area contributed by atoms with Gasteiger partial charge in [0.1, 0.15) is 11.3 Å². The van der Waals surface area contributed by atoms with Gasteiger partial charge in [-0.25, -0.2) is 0 Å². The van der Waals surface area contributed by atoms with Crippen LogP contribution in [0.2, 0.25) is 0 Å². The van der Waals surface area contributed by atoms with Gasteiger partial charge in [0, 0.05) is 11.6 Å². The molecule has 0 N–H and O–H groups in total. The minimum absolute atomic E-state index is 0.0615. The molecule has 0 atom stereocenters. The third kappa shape index (κ3) is 1.62. The van der Waals surface area contributed by atoms with Gasteiger partial charge >= 0.3 is 0 Å². The van der Waals surface area contributed by atoms with Crippen LogP contribution in [0, 0.1) is 18.3 Å². The summed E-state index contributed by atoms with van der Waals surface area (Å²) in [5.41, 5.74) is 1.23. The summed E-state index contributed by atoms with van der Waals surface area (Å²) in [6.07, 6.45) is 0.254. The van der Waals surface area contributed by atoms with Gasteiger partial charge in [-0.15, -0.1) is 0 Å². The summed E-state index contributed by atoms with van der Waals surface area (Å²) >= 11 is 0. The predicted molar refractivity (Wildman–Crippen MR) is 56.5 cm³/mol. The van der Waals surface area contributed by atoms with Crippen molar-refractivity contribution in [3.63, 3.8) is 0 Å². The fourth-order valence-electron chi connectivity index (χ4n) is 1.58. The maximum absolute atomic E-state index is 11.6. The summed E-state index contributed by atoms with van der Waals surface area (Å²) < 4.78 is 5.48. The van der Waals surface area contributed by atoms with Crippen molar-refractivity contribution in [2.45, 2.75) is 13.3 Å². The van der Waals surface area contributed by atoms with E-state index in [1.165, 1.54) is 6.07 Å². The van der Waals surface area contributed by atoms with Crippen LogP contribution >= 0.6 is 0 Å². The molecule has 0 fully saturated rings. The summed E-state index contributed by atoms with van der Waals surface area (Å²) in [5.74, 6) is 0.567. The molecular formula is C12H9NO2. The summed E-state index contributed by atoms with van der Waals surface area (Å²) in [5, 5.41) is 9.18. The minimum atomic E-state index is -0.0615. The van der Waals surface area contributed by atoms with Crippen LogP contribution in [-0.4, -0.2) is 0 Å². The van der Waals surface area contributed by atoms with E-state index in [0.29, 0.717) is 16.7 Å². The van der Waals surface area contributed by atoms with Crippen molar-refractivity contribution in [3.8, 4) is 6.07 Å². The Morgan fingerprint density at radius 3 is 3.00 bits per heavy atom. The number of para-hydroxylation sites is 1. The lowest BCUT2D eigenvalue weighted by molar-refractivity contribution is 0.562. The molecule has 0 saturated carbocycles. The lowest BCUT2D eigenvalue weighted by Crippen LogP contribution is -2.01. The highest BCUT2D eigenvalue weighted by Gasteiger charge is 2.06. The Labute approximate surface area is 86.6 Å². The maximum Gasteiger partial charge on any atom is 0.192 e. The van der Waals surface area contributed by atoms with Crippen molar-refractivity contribution in [3.05, 3.63) is 45.8 Å². The van der Waals surface area contributed by atoms with Crippen LogP contribution in [-0.2, 0) is 6.42 Å². The maximum atomic E-state index is 11.6. The minimum Gasteiger partial charge on any atom is -0.461 e. The van der Waals surface area contributed by atoms with Crippen molar-refractivity contribution in [1.82, 2.24) is 0 Å². The number of nitriles is 1. The van der Waals surface area contributed by atoms with Gasteiger partial charge in [0.2, 0.25) is 0 Å². The van der Waals surface area contributed by atoms with Crippen molar-refractivity contribution in [1.29, 1.82) is 5.26 Å². The fourth-order valence-corrected chi connectivity index (χ4v) is 1.58. The Hall–Kier alpha value is -2.08. The highest BCUT2D eigenvalue weighted by atomic mass is 16.3. The van der Waals surface area contributed by atoms with Crippen LogP contribution in [0.25, 0.3) is 11.0 Å².